The highest BCUT2D eigenvalue weighted by molar-refractivity contribution is 7.22. The molecule has 1 N–H and O–H groups in total. The Bertz CT molecular complexity index is 726. The van der Waals surface area contributed by atoms with Crippen molar-refractivity contribution in [2.75, 3.05) is 12.4 Å². The lowest BCUT2D eigenvalue weighted by molar-refractivity contribution is 0.419. The van der Waals surface area contributed by atoms with Crippen LogP contribution in [0.4, 0.5) is 10.8 Å². The maximum absolute atomic E-state index is 5.96. The summed E-state index contributed by atoms with van der Waals surface area (Å²) in [4.78, 5) is 4.55. The normalized spacial score (nSPS) is 10.6. The lowest BCUT2D eigenvalue weighted by Crippen LogP contribution is -1.89. The largest absolute Gasteiger partial charge is 0.494 e. The number of halogens is 1. The van der Waals surface area contributed by atoms with E-state index >= 15 is 0 Å². The number of para-hydroxylation sites is 1. The highest BCUT2D eigenvalue weighted by atomic mass is 35.5. The minimum atomic E-state index is 0.698. The van der Waals surface area contributed by atoms with Crippen LogP contribution in [-0.4, -0.2) is 12.1 Å². The summed E-state index contributed by atoms with van der Waals surface area (Å²) in [5.41, 5.74) is 1.80. The quantitative estimate of drug-likeness (QED) is 0.759. The number of hydrogen-bond donors (Lipinski definition) is 1. The molecule has 3 aromatic rings. The zero-order valence-electron chi connectivity index (χ0n) is 10.2. The van der Waals surface area contributed by atoms with Crippen LogP contribution in [0.3, 0.4) is 0 Å². The molecule has 0 aliphatic carbocycles. The van der Waals surface area contributed by atoms with Crippen molar-refractivity contribution in [1.82, 2.24) is 4.98 Å². The average molecular weight is 291 g/mol. The average Bonchev–Trinajstić information content (AvgIpc) is 2.80. The number of fused-ring (bicyclic) bond motifs is 1. The number of nitrogens with zero attached hydrogens (tertiary/aromatic N) is 1. The van der Waals surface area contributed by atoms with E-state index in [1.165, 1.54) is 0 Å². The molecule has 0 atom stereocenters. The fourth-order valence-electron chi connectivity index (χ4n) is 1.83. The van der Waals surface area contributed by atoms with Gasteiger partial charge in [-0.25, -0.2) is 4.98 Å². The number of thiazole rings is 1. The first-order chi connectivity index (χ1) is 9.26. The van der Waals surface area contributed by atoms with Gasteiger partial charge in [-0.2, -0.15) is 0 Å². The third-order valence-electron chi connectivity index (χ3n) is 2.68. The van der Waals surface area contributed by atoms with E-state index in [9.17, 15) is 0 Å². The molecule has 96 valence electrons. The number of rotatable bonds is 3. The fourth-order valence-corrected chi connectivity index (χ4v) is 2.93. The molecular formula is C14H11ClN2OS. The summed E-state index contributed by atoms with van der Waals surface area (Å²) in [6.07, 6.45) is 0. The Labute approximate surface area is 119 Å². The highest BCUT2D eigenvalue weighted by Crippen LogP contribution is 2.33. The van der Waals surface area contributed by atoms with Crippen molar-refractivity contribution in [3.8, 4) is 5.75 Å². The molecule has 0 bridgehead atoms. The van der Waals surface area contributed by atoms with Gasteiger partial charge in [0.2, 0.25) is 0 Å². The van der Waals surface area contributed by atoms with Crippen LogP contribution < -0.4 is 10.1 Å². The number of anilines is 2. The minimum Gasteiger partial charge on any atom is -0.494 e. The van der Waals surface area contributed by atoms with Crippen molar-refractivity contribution >= 4 is 44.0 Å². The molecule has 0 radical (unpaired) electrons. The molecule has 3 nitrogen and oxygen atoms in total. The van der Waals surface area contributed by atoms with Crippen LogP contribution in [0.15, 0.2) is 42.5 Å². The molecule has 0 unspecified atom stereocenters. The third kappa shape index (κ3) is 2.50. The van der Waals surface area contributed by atoms with Crippen LogP contribution in [0.25, 0.3) is 10.2 Å². The standard InChI is InChI=1S/C14H11ClN2OS/c1-18-11-6-3-7-12-13(11)17-14(19-12)16-10-5-2-4-9(15)8-10/h2-8H,1H3,(H,16,17). The predicted molar refractivity (Wildman–Crippen MR) is 80.9 cm³/mol. The number of hydrogen-bond acceptors (Lipinski definition) is 4. The first kappa shape index (κ1) is 12.3. The predicted octanol–water partition coefficient (Wildman–Crippen LogP) is 4.70. The third-order valence-corrected chi connectivity index (χ3v) is 3.85. The topological polar surface area (TPSA) is 34.1 Å². The van der Waals surface area contributed by atoms with Gasteiger partial charge in [0.15, 0.2) is 5.13 Å². The fraction of sp³-hybridized carbons (Fsp3) is 0.0714. The van der Waals surface area contributed by atoms with E-state index in [0.717, 1.165) is 26.8 Å². The maximum Gasteiger partial charge on any atom is 0.188 e. The molecule has 0 aliphatic rings. The molecule has 5 heteroatoms. The smallest absolute Gasteiger partial charge is 0.188 e. The molecule has 2 aromatic carbocycles. The van der Waals surface area contributed by atoms with E-state index in [-0.39, 0.29) is 0 Å². The van der Waals surface area contributed by atoms with Gasteiger partial charge in [-0.05, 0) is 30.3 Å². The van der Waals surface area contributed by atoms with E-state index in [4.69, 9.17) is 16.3 Å². The van der Waals surface area contributed by atoms with Gasteiger partial charge in [-0.3, -0.25) is 0 Å². The van der Waals surface area contributed by atoms with E-state index in [0.29, 0.717) is 5.02 Å². The van der Waals surface area contributed by atoms with Crippen molar-refractivity contribution < 1.29 is 4.74 Å². The van der Waals surface area contributed by atoms with Crippen LogP contribution in [0.2, 0.25) is 5.02 Å². The second-order valence-electron chi connectivity index (χ2n) is 3.96. The van der Waals surface area contributed by atoms with Crippen molar-refractivity contribution in [2.45, 2.75) is 0 Å². The first-order valence-electron chi connectivity index (χ1n) is 5.72. The van der Waals surface area contributed by atoms with Crippen molar-refractivity contribution in [2.24, 2.45) is 0 Å². The summed E-state index contributed by atoms with van der Waals surface area (Å²) in [6.45, 7) is 0. The van der Waals surface area contributed by atoms with Gasteiger partial charge in [0.25, 0.3) is 0 Å². The molecule has 0 saturated carbocycles. The summed E-state index contributed by atoms with van der Waals surface area (Å²) in [7, 11) is 1.65. The van der Waals surface area contributed by atoms with Crippen LogP contribution in [0.5, 0.6) is 5.75 Å². The monoisotopic (exact) mass is 290 g/mol. The molecule has 1 aromatic heterocycles. The van der Waals surface area contributed by atoms with Gasteiger partial charge in [-0.1, -0.05) is 35.1 Å². The lowest BCUT2D eigenvalue weighted by atomic mass is 10.3. The molecule has 19 heavy (non-hydrogen) atoms. The zero-order valence-corrected chi connectivity index (χ0v) is 11.8. The Balaban J connectivity index is 1.98. The SMILES string of the molecule is COc1cccc2sc(Nc3cccc(Cl)c3)nc12. The van der Waals surface area contributed by atoms with E-state index < -0.39 is 0 Å². The Morgan fingerprint density at radius 2 is 2.05 bits per heavy atom. The Kier molecular flexibility index (Phi) is 3.27. The van der Waals surface area contributed by atoms with Crippen LogP contribution in [0.1, 0.15) is 0 Å². The van der Waals surface area contributed by atoms with Crippen molar-refractivity contribution in [3.63, 3.8) is 0 Å². The second kappa shape index (κ2) is 5.07. The Morgan fingerprint density at radius 3 is 2.84 bits per heavy atom. The summed E-state index contributed by atoms with van der Waals surface area (Å²) < 4.78 is 6.39. The zero-order chi connectivity index (χ0) is 13.2. The van der Waals surface area contributed by atoms with Crippen molar-refractivity contribution in [1.29, 1.82) is 0 Å². The molecular weight excluding hydrogens is 280 g/mol. The van der Waals surface area contributed by atoms with Crippen LogP contribution in [0, 0.1) is 0 Å². The second-order valence-corrected chi connectivity index (χ2v) is 5.43. The molecule has 0 fully saturated rings. The van der Waals surface area contributed by atoms with Gasteiger partial charge in [-0.15, -0.1) is 0 Å². The molecule has 0 saturated heterocycles. The minimum absolute atomic E-state index is 0.698. The van der Waals surface area contributed by atoms with Gasteiger partial charge < -0.3 is 10.1 Å². The number of benzene rings is 2. The molecule has 0 aliphatic heterocycles. The van der Waals surface area contributed by atoms with Gasteiger partial charge >= 0.3 is 0 Å². The van der Waals surface area contributed by atoms with E-state index in [1.54, 1.807) is 18.4 Å². The molecule has 3 rings (SSSR count). The highest BCUT2D eigenvalue weighted by Gasteiger charge is 2.08. The molecule has 1 heterocycles. The Morgan fingerprint density at radius 1 is 1.21 bits per heavy atom. The van der Waals surface area contributed by atoms with Gasteiger partial charge in [0, 0.05) is 10.7 Å². The van der Waals surface area contributed by atoms with E-state index in [1.807, 2.05) is 42.5 Å². The number of ether oxygens (including phenoxy) is 1. The maximum atomic E-state index is 5.96. The van der Waals surface area contributed by atoms with Crippen LogP contribution in [-0.2, 0) is 0 Å². The number of aromatic nitrogens is 1. The Hall–Kier alpha value is -1.78. The van der Waals surface area contributed by atoms with Gasteiger partial charge in [0.05, 0.1) is 11.8 Å². The molecule has 0 spiro atoms. The van der Waals surface area contributed by atoms with Crippen molar-refractivity contribution in [3.05, 3.63) is 47.5 Å². The van der Waals surface area contributed by atoms with Crippen LogP contribution >= 0.6 is 22.9 Å². The lowest BCUT2D eigenvalue weighted by Gasteiger charge is -2.01. The number of nitrogens with one attached hydrogen (secondary N) is 1. The summed E-state index contributed by atoms with van der Waals surface area (Å²) in [5, 5.41) is 4.77. The summed E-state index contributed by atoms with van der Waals surface area (Å²) >= 11 is 7.54. The summed E-state index contributed by atoms with van der Waals surface area (Å²) in [6, 6.07) is 13.5. The summed E-state index contributed by atoms with van der Waals surface area (Å²) in [5.74, 6) is 0.785. The first-order valence-corrected chi connectivity index (χ1v) is 6.92. The van der Waals surface area contributed by atoms with E-state index in [2.05, 4.69) is 10.3 Å². The number of methoxy groups -OCH3 is 1. The molecule has 0 amide bonds. The van der Waals surface area contributed by atoms with Gasteiger partial charge in [0.1, 0.15) is 11.3 Å².